The second-order valence-corrected chi connectivity index (χ2v) is 6.48. The SMILES string of the molecule is Cc1c(C(=O)N(C)Cc2c(F)cccc2Cl)nnn1-c1cccc([N+](=O)[O-])c1. The highest BCUT2D eigenvalue weighted by atomic mass is 35.5. The van der Waals surface area contributed by atoms with Gasteiger partial charge in [-0.15, -0.1) is 5.10 Å². The van der Waals surface area contributed by atoms with Crippen molar-refractivity contribution in [3.05, 3.63) is 80.4 Å². The summed E-state index contributed by atoms with van der Waals surface area (Å²) >= 11 is 6.01. The third kappa shape index (κ3) is 3.70. The number of nitro benzene ring substituents is 1. The molecule has 0 N–H and O–H groups in total. The monoisotopic (exact) mass is 403 g/mol. The summed E-state index contributed by atoms with van der Waals surface area (Å²) in [7, 11) is 1.50. The topological polar surface area (TPSA) is 94.2 Å². The lowest BCUT2D eigenvalue weighted by molar-refractivity contribution is -0.384. The second-order valence-electron chi connectivity index (χ2n) is 6.07. The van der Waals surface area contributed by atoms with E-state index in [1.807, 2.05) is 0 Å². The van der Waals surface area contributed by atoms with Gasteiger partial charge in [0.25, 0.3) is 11.6 Å². The molecular formula is C18H15ClFN5O3. The van der Waals surface area contributed by atoms with Crippen LogP contribution in [-0.4, -0.2) is 37.8 Å². The number of carbonyl (C=O) groups is 1. The third-order valence-electron chi connectivity index (χ3n) is 4.19. The van der Waals surface area contributed by atoms with Crippen LogP contribution in [0.4, 0.5) is 10.1 Å². The number of nitrogens with zero attached hydrogens (tertiary/aromatic N) is 5. The van der Waals surface area contributed by atoms with Crippen molar-refractivity contribution in [3.8, 4) is 5.69 Å². The van der Waals surface area contributed by atoms with Crippen molar-refractivity contribution >= 4 is 23.2 Å². The minimum Gasteiger partial charge on any atom is -0.336 e. The first-order chi connectivity index (χ1) is 13.3. The maximum Gasteiger partial charge on any atom is 0.276 e. The molecule has 8 nitrogen and oxygen atoms in total. The average Bonchev–Trinajstić information content (AvgIpc) is 3.05. The van der Waals surface area contributed by atoms with E-state index < -0.39 is 16.6 Å². The van der Waals surface area contributed by atoms with Crippen LogP contribution < -0.4 is 0 Å². The van der Waals surface area contributed by atoms with Crippen molar-refractivity contribution in [2.24, 2.45) is 0 Å². The van der Waals surface area contributed by atoms with Crippen molar-refractivity contribution in [3.63, 3.8) is 0 Å². The molecule has 0 saturated heterocycles. The van der Waals surface area contributed by atoms with Gasteiger partial charge in [-0.25, -0.2) is 9.07 Å². The average molecular weight is 404 g/mol. The first-order valence-corrected chi connectivity index (χ1v) is 8.53. The van der Waals surface area contributed by atoms with Gasteiger partial charge < -0.3 is 4.90 Å². The molecule has 2 aromatic carbocycles. The predicted octanol–water partition coefficient (Wildman–Crippen LogP) is 3.55. The number of hydrogen-bond donors (Lipinski definition) is 0. The van der Waals surface area contributed by atoms with Crippen molar-refractivity contribution in [1.29, 1.82) is 0 Å². The highest BCUT2D eigenvalue weighted by Crippen LogP contribution is 2.22. The number of carbonyl (C=O) groups excluding carboxylic acids is 1. The van der Waals surface area contributed by atoms with Crippen LogP contribution in [0.2, 0.25) is 5.02 Å². The molecule has 1 aromatic heterocycles. The van der Waals surface area contributed by atoms with Crippen LogP contribution in [0, 0.1) is 22.9 Å². The molecule has 1 amide bonds. The molecule has 28 heavy (non-hydrogen) atoms. The van der Waals surface area contributed by atoms with Crippen molar-refractivity contribution in [2.45, 2.75) is 13.5 Å². The van der Waals surface area contributed by atoms with E-state index in [0.29, 0.717) is 11.4 Å². The van der Waals surface area contributed by atoms with Crippen LogP contribution in [0.15, 0.2) is 42.5 Å². The quantitative estimate of drug-likeness (QED) is 0.479. The Bertz CT molecular complexity index is 1050. The lowest BCUT2D eigenvalue weighted by Gasteiger charge is -2.17. The standard InChI is InChI=1S/C18H15ClFN5O3/c1-11-17(18(26)23(2)10-14-15(19)7-4-8-16(14)20)21-22-24(11)12-5-3-6-13(9-12)25(27)28/h3-9H,10H2,1-2H3. The summed E-state index contributed by atoms with van der Waals surface area (Å²) < 4.78 is 15.3. The van der Waals surface area contributed by atoms with Gasteiger partial charge >= 0.3 is 0 Å². The Morgan fingerprint density at radius 1 is 1.32 bits per heavy atom. The van der Waals surface area contributed by atoms with Crippen LogP contribution in [0.3, 0.4) is 0 Å². The predicted molar refractivity (Wildman–Crippen MR) is 100.0 cm³/mol. The molecule has 1 heterocycles. The summed E-state index contributed by atoms with van der Waals surface area (Å²) in [6, 6.07) is 10.1. The molecule has 0 atom stereocenters. The van der Waals surface area contributed by atoms with Gasteiger partial charge in [0.05, 0.1) is 22.8 Å². The molecule has 0 saturated carbocycles. The second kappa shape index (κ2) is 7.73. The Hall–Kier alpha value is -3.33. The third-order valence-corrected chi connectivity index (χ3v) is 4.54. The van der Waals surface area contributed by atoms with Gasteiger partial charge in [0.15, 0.2) is 5.69 Å². The summed E-state index contributed by atoms with van der Waals surface area (Å²) in [6.45, 7) is 1.57. The molecule has 0 spiro atoms. The number of aromatic nitrogens is 3. The minimum absolute atomic E-state index is 0.0482. The van der Waals surface area contributed by atoms with Gasteiger partial charge in [-0.05, 0) is 25.1 Å². The van der Waals surface area contributed by atoms with Crippen molar-refractivity contribution < 1.29 is 14.1 Å². The number of non-ortho nitro benzene ring substituents is 1. The van der Waals surface area contributed by atoms with Crippen molar-refractivity contribution in [1.82, 2.24) is 19.9 Å². The molecule has 0 unspecified atom stereocenters. The molecular weight excluding hydrogens is 389 g/mol. The van der Waals surface area contributed by atoms with Crippen LogP contribution in [-0.2, 0) is 6.54 Å². The van der Waals surface area contributed by atoms with Crippen molar-refractivity contribution in [2.75, 3.05) is 7.05 Å². The van der Waals surface area contributed by atoms with E-state index in [2.05, 4.69) is 10.3 Å². The number of nitro groups is 1. The van der Waals surface area contributed by atoms with Gasteiger partial charge in [-0.2, -0.15) is 0 Å². The molecule has 0 fully saturated rings. The van der Waals surface area contributed by atoms with E-state index in [1.165, 1.54) is 47.0 Å². The highest BCUT2D eigenvalue weighted by molar-refractivity contribution is 6.31. The van der Waals surface area contributed by atoms with Crippen LogP contribution in [0.5, 0.6) is 0 Å². The summed E-state index contributed by atoms with van der Waals surface area (Å²) in [5.74, 6) is -0.988. The minimum atomic E-state index is -0.520. The number of amides is 1. The number of halogens is 2. The van der Waals surface area contributed by atoms with E-state index >= 15 is 0 Å². The zero-order valence-electron chi connectivity index (χ0n) is 15.0. The van der Waals surface area contributed by atoms with Gasteiger partial charge in [0, 0.05) is 29.8 Å². The fourth-order valence-electron chi connectivity index (χ4n) is 2.68. The Kier molecular flexibility index (Phi) is 5.36. The summed E-state index contributed by atoms with van der Waals surface area (Å²) in [5.41, 5.74) is 0.951. The molecule has 3 rings (SSSR count). The molecule has 0 radical (unpaired) electrons. The van der Waals surface area contributed by atoms with Gasteiger partial charge in [0.1, 0.15) is 5.82 Å². The molecule has 144 valence electrons. The van der Waals surface area contributed by atoms with Crippen LogP contribution in [0.1, 0.15) is 21.7 Å². The van der Waals surface area contributed by atoms with Gasteiger partial charge in [-0.1, -0.05) is 28.9 Å². The molecule has 0 aliphatic carbocycles. The molecule has 0 bridgehead atoms. The van der Waals surface area contributed by atoms with E-state index in [-0.39, 0.29) is 28.5 Å². The fourth-order valence-corrected chi connectivity index (χ4v) is 2.91. The summed E-state index contributed by atoms with van der Waals surface area (Å²) in [6.07, 6.45) is 0. The maximum atomic E-state index is 14.0. The van der Waals surface area contributed by atoms with Gasteiger partial charge in [0.2, 0.25) is 0 Å². The Labute approximate surface area is 164 Å². The molecule has 0 aliphatic rings. The molecule has 10 heteroatoms. The summed E-state index contributed by atoms with van der Waals surface area (Å²) in [4.78, 5) is 24.5. The van der Waals surface area contributed by atoms with E-state index in [9.17, 15) is 19.3 Å². The number of benzene rings is 2. The zero-order valence-corrected chi connectivity index (χ0v) is 15.7. The smallest absolute Gasteiger partial charge is 0.276 e. The van der Waals surface area contributed by atoms with E-state index in [0.717, 1.165) is 0 Å². The Morgan fingerprint density at radius 2 is 2.04 bits per heavy atom. The molecule has 0 aliphatic heterocycles. The maximum absolute atomic E-state index is 14.0. The lowest BCUT2D eigenvalue weighted by Crippen LogP contribution is -2.27. The lowest BCUT2D eigenvalue weighted by atomic mass is 10.2. The zero-order chi connectivity index (χ0) is 20.4. The number of rotatable bonds is 5. The van der Waals surface area contributed by atoms with E-state index in [4.69, 9.17) is 11.6 Å². The highest BCUT2D eigenvalue weighted by Gasteiger charge is 2.23. The normalized spacial score (nSPS) is 10.7. The summed E-state index contributed by atoms with van der Waals surface area (Å²) in [5, 5.41) is 19.0. The largest absolute Gasteiger partial charge is 0.336 e. The Morgan fingerprint density at radius 3 is 2.71 bits per heavy atom. The number of hydrogen-bond acceptors (Lipinski definition) is 5. The molecule has 3 aromatic rings. The van der Waals surface area contributed by atoms with Gasteiger partial charge in [-0.3, -0.25) is 14.9 Å². The first kappa shape index (κ1) is 19.4. The first-order valence-electron chi connectivity index (χ1n) is 8.15. The van der Waals surface area contributed by atoms with Crippen LogP contribution in [0.25, 0.3) is 5.69 Å². The fraction of sp³-hybridized carbons (Fsp3) is 0.167. The van der Waals surface area contributed by atoms with Crippen LogP contribution >= 0.6 is 11.6 Å². The van der Waals surface area contributed by atoms with E-state index in [1.54, 1.807) is 19.1 Å². The Balaban J connectivity index is 1.88.